The Kier molecular flexibility index (Phi) is 4.24. The third-order valence-electron chi connectivity index (χ3n) is 5.01. The number of nitro benzene ring substituents is 1. The molecule has 1 aliphatic heterocycles. The average Bonchev–Trinajstić information content (AvgIpc) is 2.95. The van der Waals surface area contributed by atoms with Crippen molar-refractivity contribution in [3.05, 3.63) is 82.4 Å². The van der Waals surface area contributed by atoms with E-state index in [2.05, 4.69) is 30.3 Å². The Bertz CT molecular complexity index is 1020. The lowest BCUT2D eigenvalue weighted by atomic mass is 10.0. The number of fused-ring (bicyclic) bond motifs is 1. The second kappa shape index (κ2) is 6.72. The third-order valence-corrected chi connectivity index (χ3v) is 5.01. The Hall–Kier alpha value is -3.41. The van der Waals surface area contributed by atoms with Gasteiger partial charge in [0.15, 0.2) is 0 Å². The summed E-state index contributed by atoms with van der Waals surface area (Å²) < 4.78 is 0. The maximum absolute atomic E-state index is 12.7. The van der Waals surface area contributed by atoms with Gasteiger partial charge in [0.2, 0.25) is 0 Å². The summed E-state index contributed by atoms with van der Waals surface area (Å²) >= 11 is 0. The van der Waals surface area contributed by atoms with Crippen molar-refractivity contribution in [2.45, 2.75) is 12.5 Å². The molecular formula is C21H19N3O3. The van der Waals surface area contributed by atoms with Crippen molar-refractivity contribution in [1.82, 2.24) is 4.90 Å². The van der Waals surface area contributed by atoms with Crippen LogP contribution in [0.3, 0.4) is 0 Å². The van der Waals surface area contributed by atoms with E-state index in [4.69, 9.17) is 0 Å². The number of anilines is 1. The Labute approximate surface area is 156 Å². The topological polar surface area (TPSA) is 66.7 Å². The number of urea groups is 1. The van der Waals surface area contributed by atoms with Crippen LogP contribution >= 0.6 is 0 Å². The van der Waals surface area contributed by atoms with Crippen LogP contribution in [0.15, 0.2) is 66.7 Å². The summed E-state index contributed by atoms with van der Waals surface area (Å²) in [6, 6.07) is 20.6. The van der Waals surface area contributed by atoms with E-state index in [0.717, 1.165) is 12.0 Å². The number of carbonyl (C=O) groups excluding carboxylic acids is 1. The maximum atomic E-state index is 12.7. The SMILES string of the molecule is CN1C[C@H](Cc2ccc3ccccc3c2)N(c2ccc([N+](=O)[O-])cc2)C1=O. The highest BCUT2D eigenvalue weighted by molar-refractivity contribution is 5.95. The molecule has 1 heterocycles. The van der Waals surface area contributed by atoms with Crippen LogP contribution in [-0.4, -0.2) is 35.5 Å². The van der Waals surface area contributed by atoms with Gasteiger partial charge in [-0.15, -0.1) is 0 Å². The number of likely N-dealkylation sites (N-methyl/N-ethyl adjacent to an activating group) is 1. The highest BCUT2D eigenvalue weighted by Crippen LogP contribution is 2.28. The molecule has 136 valence electrons. The van der Waals surface area contributed by atoms with E-state index in [0.29, 0.717) is 12.2 Å². The van der Waals surface area contributed by atoms with Gasteiger partial charge in [-0.3, -0.25) is 15.0 Å². The number of nitro groups is 1. The summed E-state index contributed by atoms with van der Waals surface area (Å²) in [4.78, 5) is 26.5. The fourth-order valence-corrected chi connectivity index (χ4v) is 3.67. The van der Waals surface area contributed by atoms with Crippen molar-refractivity contribution >= 4 is 28.2 Å². The molecule has 6 nitrogen and oxygen atoms in total. The first-order valence-corrected chi connectivity index (χ1v) is 8.79. The predicted molar refractivity (Wildman–Crippen MR) is 105 cm³/mol. The number of hydrogen-bond acceptors (Lipinski definition) is 3. The first-order chi connectivity index (χ1) is 13.0. The van der Waals surface area contributed by atoms with E-state index in [9.17, 15) is 14.9 Å². The Balaban J connectivity index is 1.63. The zero-order valence-corrected chi connectivity index (χ0v) is 14.9. The van der Waals surface area contributed by atoms with Crippen LogP contribution < -0.4 is 4.90 Å². The summed E-state index contributed by atoms with van der Waals surface area (Å²) in [6.45, 7) is 0.614. The summed E-state index contributed by atoms with van der Waals surface area (Å²) in [5, 5.41) is 13.2. The minimum atomic E-state index is -0.436. The quantitative estimate of drug-likeness (QED) is 0.516. The van der Waals surface area contributed by atoms with Crippen LogP contribution in [-0.2, 0) is 6.42 Å². The number of amides is 2. The molecule has 1 aliphatic rings. The van der Waals surface area contributed by atoms with Gasteiger partial charge in [0.25, 0.3) is 5.69 Å². The molecular weight excluding hydrogens is 342 g/mol. The largest absolute Gasteiger partial charge is 0.325 e. The van der Waals surface area contributed by atoms with Gasteiger partial charge in [-0.2, -0.15) is 0 Å². The molecule has 0 bridgehead atoms. The van der Waals surface area contributed by atoms with Crippen molar-refractivity contribution in [3.8, 4) is 0 Å². The van der Waals surface area contributed by atoms with Gasteiger partial charge in [0.05, 0.1) is 11.0 Å². The number of rotatable bonds is 4. The smallest absolute Gasteiger partial charge is 0.324 e. The van der Waals surface area contributed by atoms with Crippen LogP contribution in [0, 0.1) is 10.1 Å². The highest BCUT2D eigenvalue weighted by Gasteiger charge is 2.36. The molecule has 3 aromatic rings. The normalized spacial score (nSPS) is 16.9. The van der Waals surface area contributed by atoms with Gasteiger partial charge in [-0.25, -0.2) is 4.79 Å². The van der Waals surface area contributed by atoms with Gasteiger partial charge < -0.3 is 4.90 Å². The number of non-ortho nitro benzene ring substituents is 1. The van der Waals surface area contributed by atoms with E-state index in [-0.39, 0.29) is 17.8 Å². The lowest BCUT2D eigenvalue weighted by Gasteiger charge is -2.23. The Morgan fingerprint density at radius 2 is 1.74 bits per heavy atom. The second-order valence-corrected chi connectivity index (χ2v) is 6.85. The first kappa shape index (κ1) is 17.0. The number of benzene rings is 3. The van der Waals surface area contributed by atoms with E-state index in [1.807, 2.05) is 12.1 Å². The maximum Gasteiger partial charge on any atom is 0.324 e. The minimum absolute atomic E-state index is 0.0184. The fraction of sp³-hybridized carbons (Fsp3) is 0.190. The van der Waals surface area contributed by atoms with Gasteiger partial charge in [0, 0.05) is 31.4 Å². The molecule has 4 rings (SSSR count). The molecule has 6 heteroatoms. The monoisotopic (exact) mass is 361 g/mol. The van der Waals surface area contributed by atoms with Crippen molar-refractivity contribution in [2.24, 2.45) is 0 Å². The number of nitrogens with zero attached hydrogens (tertiary/aromatic N) is 3. The van der Waals surface area contributed by atoms with Gasteiger partial charge >= 0.3 is 6.03 Å². The summed E-state index contributed by atoms with van der Waals surface area (Å²) in [7, 11) is 1.78. The zero-order valence-electron chi connectivity index (χ0n) is 14.9. The Morgan fingerprint density at radius 3 is 2.44 bits per heavy atom. The molecule has 0 N–H and O–H groups in total. The lowest BCUT2D eigenvalue weighted by molar-refractivity contribution is -0.384. The molecule has 0 aromatic heterocycles. The number of carbonyl (C=O) groups is 1. The van der Waals surface area contributed by atoms with E-state index in [1.165, 1.54) is 22.9 Å². The van der Waals surface area contributed by atoms with Gasteiger partial charge in [0.1, 0.15) is 0 Å². The Morgan fingerprint density at radius 1 is 1.04 bits per heavy atom. The van der Waals surface area contributed by atoms with Crippen molar-refractivity contribution in [3.63, 3.8) is 0 Å². The van der Waals surface area contributed by atoms with Crippen LogP contribution in [0.4, 0.5) is 16.2 Å². The second-order valence-electron chi connectivity index (χ2n) is 6.85. The van der Waals surface area contributed by atoms with Crippen molar-refractivity contribution in [1.29, 1.82) is 0 Å². The summed E-state index contributed by atoms with van der Waals surface area (Å²) in [5.74, 6) is 0. The molecule has 1 saturated heterocycles. The molecule has 0 saturated carbocycles. The van der Waals surface area contributed by atoms with E-state index in [1.54, 1.807) is 29.0 Å². The molecule has 1 atom stereocenters. The molecule has 3 aromatic carbocycles. The van der Waals surface area contributed by atoms with E-state index < -0.39 is 4.92 Å². The van der Waals surface area contributed by atoms with Crippen LogP contribution in [0.25, 0.3) is 10.8 Å². The molecule has 0 unspecified atom stereocenters. The minimum Gasteiger partial charge on any atom is -0.325 e. The molecule has 1 fully saturated rings. The molecule has 0 radical (unpaired) electrons. The fourth-order valence-electron chi connectivity index (χ4n) is 3.67. The molecule has 0 aliphatic carbocycles. The summed E-state index contributed by atoms with van der Waals surface area (Å²) in [5.41, 5.74) is 1.86. The standard InChI is InChI=1S/C21H19N3O3/c1-22-14-20(13-15-6-7-16-4-2-3-5-17(16)12-15)23(21(22)25)18-8-10-19(11-9-18)24(26)27/h2-12,20H,13-14H2,1H3/t20-/m0/s1. The molecule has 0 spiro atoms. The van der Waals surface area contributed by atoms with Crippen LogP contribution in [0.2, 0.25) is 0 Å². The van der Waals surface area contributed by atoms with E-state index >= 15 is 0 Å². The third kappa shape index (κ3) is 3.21. The number of hydrogen-bond donors (Lipinski definition) is 0. The van der Waals surface area contributed by atoms with Crippen LogP contribution in [0.5, 0.6) is 0 Å². The van der Waals surface area contributed by atoms with Crippen LogP contribution in [0.1, 0.15) is 5.56 Å². The predicted octanol–water partition coefficient (Wildman–Crippen LogP) is 4.23. The molecule has 2 amide bonds. The van der Waals surface area contributed by atoms with Crippen molar-refractivity contribution < 1.29 is 9.72 Å². The van der Waals surface area contributed by atoms with Crippen molar-refractivity contribution in [2.75, 3.05) is 18.5 Å². The molecule has 27 heavy (non-hydrogen) atoms. The first-order valence-electron chi connectivity index (χ1n) is 8.79. The zero-order chi connectivity index (χ0) is 19.0. The lowest BCUT2D eigenvalue weighted by Crippen LogP contribution is -2.35. The van der Waals surface area contributed by atoms with Gasteiger partial charge in [-0.1, -0.05) is 42.5 Å². The summed E-state index contributed by atoms with van der Waals surface area (Å²) in [6.07, 6.45) is 0.720. The highest BCUT2D eigenvalue weighted by atomic mass is 16.6. The van der Waals surface area contributed by atoms with Gasteiger partial charge in [-0.05, 0) is 34.9 Å². The average molecular weight is 361 g/mol.